The Kier molecular flexibility index (Phi) is 4.40. The molecule has 0 bridgehead atoms. The Morgan fingerprint density at radius 1 is 1.28 bits per heavy atom. The third-order valence-corrected chi connectivity index (χ3v) is 6.76. The van der Waals surface area contributed by atoms with Crippen LogP contribution in [0.2, 0.25) is 0 Å². The summed E-state index contributed by atoms with van der Waals surface area (Å²) in [4.78, 5) is 15.6. The second kappa shape index (κ2) is 6.25. The minimum absolute atomic E-state index is 0.0460. The highest BCUT2D eigenvalue weighted by Gasteiger charge is 2.34. The van der Waals surface area contributed by atoms with E-state index in [1.54, 1.807) is 0 Å². The molecule has 0 amide bonds. The summed E-state index contributed by atoms with van der Waals surface area (Å²) in [6, 6.07) is 7.53. The van der Waals surface area contributed by atoms with Crippen LogP contribution in [0.4, 0.5) is 0 Å². The predicted octanol–water partition coefficient (Wildman–Crippen LogP) is 3.03. The van der Waals surface area contributed by atoms with Gasteiger partial charge in [0.1, 0.15) is 27.0 Å². The van der Waals surface area contributed by atoms with Gasteiger partial charge in [0.25, 0.3) is 0 Å². The number of carboxylic acid groups (broad SMARTS) is 1. The lowest BCUT2D eigenvalue weighted by Crippen LogP contribution is -2.28. The third kappa shape index (κ3) is 3.06. The fraction of sp³-hybridized carbons (Fsp3) is 0.250. The molecular weight excluding hydrogens is 364 g/mol. The Balaban J connectivity index is 1.98. The van der Waals surface area contributed by atoms with Crippen molar-refractivity contribution in [3.05, 3.63) is 46.4 Å². The normalized spacial score (nSPS) is 12.2. The average molecular weight is 380 g/mol. The van der Waals surface area contributed by atoms with E-state index in [-0.39, 0.29) is 28.5 Å². The van der Waals surface area contributed by atoms with Gasteiger partial charge in [0.15, 0.2) is 0 Å². The number of rotatable bonds is 5. The smallest absolute Gasteiger partial charge is 0.340 e. The van der Waals surface area contributed by atoms with Crippen LogP contribution in [-0.2, 0) is 16.6 Å². The number of para-hydroxylation sites is 1. The molecule has 0 aliphatic rings. The number of benzene rings is 1. The molecule has 25 heavy (non-hydrogen) atoms. The molecule has 0 aliphatic heterocycles. The van der Waals surface area contributed by atoms with Crippen molar-refractivity contribution < 1.29 is 22.7 Å². The first-order valence-electron chi connectivity index (χ1n) is 7.36. The second-order valence-corrected chi connectivity index (χ2v) is 8.66. The van der Waals surface area contributed by atoms with Gasteiger partial charge in [0.05, 0.1) is 16.8 Å². The SMILES string of the molecule is Cc1oc(C)c(S(=O)(=O)N(C)Cc2nc3ccccc3s2)c1C(=O)O. The molecule has 0 atom stereocenters. The van der Waals surface area contributed by atoms with Crippen LogP contribution in [0.15, 0.2) is 33.6 Å². The van der Waals surface area contributed by atoms with E-state index in [9.17, 15) is 18.3 Å². The molecule has 1 N–H and O–H groups in total. The van der Waals surface area contributed by atoms with Crippen LogP contribution in [0, 0.1) is 13.8 Å². The minimum Gasteiger partial charge on any atom is -0.478 e. The number of fused-ring (bicyclic) bond motifs is 1. The maximum Gasteiger partial charge on any atom is 0.340 e. The number of carboxylic acids is 1. The van der Waals surface area contributed by atoms with Crippen LogP contribution < -0.4 is 0 Å². The first-order chi connectivity index (χ1) is 11.7. The van der Waals surface area contributed by atoms with Crippen molar-refractivity contribution in [2.45, 2.75) is 25.3 Å². The molecule has 9 heteroatoms. The Morgan fingerprint density at radius 3 is 2.60 bits per heavy atom. The van der Waals surface area contributed by atoms with Crippen molar-refractivity contribution in [3.63, 3.8) is 0 Å². The zero-order valence-electron chi connectivity index (χ0n) is 13.8. The molecule has 0 saturated carbocycles. The summed E-state index contributed by atoms with van der Waals surface area (Å²) >= 11 is 1.40. The number of carbonyl (C=O) groups is 1. The molecule has 132 valence electrons. The molecule has 0 fully saturated rings. The van der Waals surface area contributed by atoms with Crippen LogP contribution in [0.25, 0.3) is 10.2 Å². The zero-order valence-corrected chi connectivity index (χ0v) is 15.4. The second-order valence-electron chi connectivity index (χ2n) is 5.56. The van der Waals surface area contributed by atoms with Gasteiger partial charge in [0, 0.05) is 7.05 Å². The Hall–Kier alpha value is -2.23. The molecule has 0 unspecified atom stereocenters. The average Bonchev–Trinajstić information content (AvgIpc) is 3.06. The standard InChI is InChI=1S/C16H16N2O5S2/c1-9-14(16(19)20)15(10(2)23-9)25(21,22)18(3)8-13-17-11-6-4-5-7-12(11)24-13/h4-7H,8H2,1-3H3,(H,19,20). The summed E-state index contributed by atoms with van der Waals surface area (Å²) in [5.74, 6) is -1.20. The number of furan rings is 1. The number of nitrogens with zero attached hydrogens (tertiary/aromatic N) is 2. The van der Waals surface area contributed by atoms with Crippen LogP contribution in [0.1, 0.15) is 26.9 Å². The van der Waals surface area contributed by atoms with Gasteiger partial charge in [-0.1, -0.05) is 12.1 Å². The molecule has 2 aromatic heterocycles. The molecule has 2 heterocycles. The first-order valence-corrected chi connectivity index (χ1v) is 9.61. The van der Waals surface area contributed by atoms with Crippen molar-refractivity contribution in [1.82, 2.24) is 9.29 Å². The fourth-order valence-electron chi connectivity index (χ4n) is 2.64. The Morgan fingerprint density at radius 2 is 1.96 bits per heavy atom. The topological polar surface area (TPSA) is 101 Å². The monoisotopic (exact) mass is 380 g/mol. The van der Waals surface area contributed by atoms with E-state index in [1.165, 1.54) is 32.2 Å². The molecule has 0 aliphatic carbocycles. The highest BCUT2D eigenvalue weighted by atomic mass is 32.2. The third-order valence-electron chi connectivity index (χ3n) is 3.78. The molecule has 1 aromatic carbocycles. The van der Waals surface area contributed by atoms with E-state index in [2.05, 4.69) is 4.98 Å². The summed E-state index contributed by atoms with van der Waals surface area (Å²) in [5, 5.41) is 9.96. The van der Waals surface area contributed by atoms with Crippen LogP contribution in [0.5, 0.6) is 0 Å². The summed E-state index contributed by atoms with van der Waals surface area (Å²) in [5.41, 5.74) is 0.475. The van der Waals surface area contributed by atoms with Crippen molar-refractivity contribution >= 4 is 37.5 Å². The quantitative estimate of drug-likeness (QED) is 0.730. The van der Waals surface area contributed by atoms with E-state index < -0.39 is 16.0 Å². The van der Waals surface area contributed by atoms with Gasteiger partial charge in [-0.15, -0.1) is 11.3 Å². The van der Waals surface area contributed by atoms with Gasteiger partial charge in [-0.05, 0) is 26.0 Å². The fourth-order valence-corrected chi connectivity index (χ4v) is 5.24. The molecule has 7 nitrogen and oxygen atoms in total. The van der Waals surface area contributed by atoms with Gasteiger partial charge >= 0.3 is 5.97 Å². The van der Waals surface area contributed by atoms with Gasteiger partial charge in [-0.2, -0.15) is 4.31 Å². The molecule has 0 saturated heterocycles. The van der Waals surface area contributed by atoms with Gasteiger partial charge in [0.2, 0.25) is 10.0 Å². The van der Waals surface area contributed by atoms with Crippen LogP contribution in [0.3, 0.4) is 0 Å². The van der Waals surface area contributed by atoms with E-state index in [1.807, 2.05) is 24.3 Å². The summed E-state index contributed by atoms with van der Waals surface area (Å²) in [7, 11) is -2.64. The lowest BCUT2D eigenvalue weighted by atomic mass is 10.2. The highest BCUT2D eigenvalue weighted by molar-refractivity contribution is 7.89. The van der Waals surface area contributed by atoms with E-state index >= 15 is 0 Å². The summed E-state index contributed by atoms with van der Waals surface area (Å²) in [6.07, 6.45) is 0. The molecular formula is C16H16N2O5S2. The summed E-state index contributed by atoms with van der Waals surface area (Å²) < 4.78 is 33.1. The highest BCUT2D eigenvalue weighted by Crippen LogP contribution is 2.30. The number of aryl methyl sites for hydroxylation is 2. The Labute approximate surface area is 148 Å². The number of hydrogen-bond donors (Lipinski definition) is 1. The first kappa shape index (κ1) is 17.6. The van der Waals surface area contributed by atoms with Crippen molar-refractivity contribution in [2.75, 3.05) is 7.05 Å². The predicted molar refractivity (Wildman–Crippen MR) is 93.4 cm³/mol. The van der Waals surface area contributed by atoms with Crippen LogP contribution >= 0.6 is 11.3 Å². The van der Waals surface area contributed by atoms with Crippen molar-refractivity contribution in [2.24, 2.45) is 0 Å². The molecule has 0 radical (unpaired) electrons. The number of aromatic nitrogens is 1. The van der Waals surface area contributed by atoms with E-state index in [4.69, 9.17) is 4.42 Å². The Bertz CT molecular complexity index is 1030. The van der Waals surface area contributed by atoms with Gasteiger partial charge in [-0.25, -0.2) is 18.2 Å². The van der Waals surface area contributed by atoms with E-state index in [0.29, 0.717) is 5.01 Å². The maximum absolute atomic E-state index is 12.9. The minimum atomic E-state index is -4.03. The lowest BCUT2D eigenvalue weighted by molar-refractivity contribution is 0.0691. The van der Waals surface area contributed by atoms with Crippen LogP contribution in [-0.4, -0.2) is 35.8 Å². The summed E-state index contributed by atoms with van der Waals surface area (Å²) in [6.45, 7) is 2.92. The van der Waals surface area contributed by atoms with E-state index in [0.717, 1.165) is 14.5 Å². The number of hydrogen-bond acceptors (Lipinski definition) is 6. The van der Waals surface area contributed by atoms with Gasteiger partial charge < -0.3 is 9.52 Å². The van der Waals surface area contributed by atoms with Crippen molar-refractivity contribution in [3.8, 4) is 0 Å². The molecule has 0 spiro atoms. The lowest BCUT2D eigenvalue weighted by Gasteiger charge is -2.15. The molecule has 3 aromatic rings. The number of aromatic carboxylic acids is 1. The van der Waals surface area contributed by atoms with Gasteiger partial charge in [-0.3, -0.25) is 0 Å². The zero-order chi connectivity index (χ0) is 18.4. The largest absolute Gasteiger partial charge is 0.478 e. The molecule has 3 rings (SSSR count). The number of thiazole rings is 1. The maximum atomic E-state index is 12.9. The van der Waals surface area contributed by atoms with Crippen molar-refractivity contribution in [1.29, 1.82) is 0 Å². The number of sulfonamides is 1.